The van der Waals surface area contributed by atoms with E-state index in [1.54, 1.807) is 23.3 Å². The van der Waals surface area contributed by atoms with Gasteiger partial charge in [-0.2, -0.15) is 16.1 Å². The Labute approximate surface area is 195 Å². The maximum Gasteiger partial charge on any atom is 0.263 e. The number of hydrogen-bond acceptors (Lipinski definition) is 7. The Kier molecular flexibility index (Phi) is 7.46. The number of benzene rings is 1. The van der Waals surface area contributed by atoms with Crippen molar-refractivity contribution in [2.75, 3.05) is 24.6 Å². The predicted molar refractivity (Wildman–Crippen MR) is 127 cm³/mol. The summed E-state index contributed by atoms with van der Waals surface area (Å²) in [4.78, 5) is 17.3. The first kappa shape index (κ1) is 22.8. The minimum Gasteiger partial charge on any atom is -0.487 e. The van der Waals surface area contributed by atoms with Crippen LogP contribution in [0.3, 0.4) is 0 Å². The molecule has 7 nitrogen and oxygen atoms in total. The molecular weight excluding hydrogens is 466 g/mol. The van der Waals surface area contributed by atoms with Gasteiger partial charge in [0, 0.05) is 37.3 Å². The van der Waals surface area contributed by atoms with Crippen molar-refractivity contribution in [2.45, 2.75) is 18.0 Å². The van der Waals surface area contributed by atoms with Gasteiger partial charge in [-0.05, 0) is 41.3 Å². The van der Waals surface area contributed by atoms with Gasteiger partial charge in [-0.1, -0.05) is 18.2 Å². The molecule has 4 rings (SSSR count). The molecule has 3 heterocycles. The van der Waals surface area contributed by atoms with Crippen molar-refractivity contribution in [3.63, 3.8) is 0 Å². The summed E-state index contributed by atoms with van der Waals surface area (Å²) in [5, 5.41) is 4.48. The Morgan fingerprint density at radius 1 is 1.12 bits per heavy atom. The molecule has 1 aliphatic rings. The third-order valence-corrected chi connectivity index (χ3v) is 8.81. The number of rotatable bonds is 8. The van der Waals surface area contributed by atoms with Crippen LogP contribution in [-0.2, 0) is 23.2 Å². The highest BCUT2D eigenvalue weighted by Gasteiger charge is 2.31. The van der Waals surface area contributed by atoms with E-state index in [-0.39, 0.29) is 16.3 Å². The summed E-state index contributed by atoms with van der Waals surface area (Å²) in [6, 6.07) is 14.6. The number of thiophene rings is 1. The Morgan fingerprint density at radius 2 is 1.97 bits per heavy atom. The van der Waals surface area contributed by atoms with Gasteiger partial charge < -0.3 is 10.1 Å². The molecule has 32 heavy (non-hydrogen) atoms. The lowest BCUT2D eigenvalue weighted by atomic mass is 10.2. The van der Waals surface area contributed by atoms with E-state index in [1.807, 2.05) is 42.5 Å². The quantitative estimate of drug-likeness (QED) is 0.522. The van der Waals surface area contributed by atoms with Gasteiger partial charge in [-0.15, -0.1) is 11.3 Å². The number of thioether (sulfide) groups is 1. The molecule has 0 saturated carbocycles. The van der Waals surface area contributed by atoms with Crippen molar-refractivity contribution in [3.05, 3.63) is 76.2 Å². The summed E-state index contributed by atoms with van der Waals surface area (Å²) >= 11 is 2.87. The van der Waals surface area contributed by atoms with Gasteiger partial charge in [-0.25, -0.2) is 8.42 Å². The molecule has 0 aliphatic carbocycles. The number of pyridine rings is 1. The number of amides is 1. The van der Waals surface area contributed by atoms with Crippen molar-refractivity contribution in [1.82, 2.24) is 14.6 Å². The lowest BCUT2D eigenvalue weighted by Gasteiger charge is -2.25. The fourth-order valence-corrected chi connectivity index (χ4v) is 7.13. The zero-order valence-corrected chi connectivity index (χ0v) is 19.7. The summed E-state index contributed by atoms with van der Waals surface area (Å²) in [5.74, 6) is 1.81. The summed E-state index contributed by atoms with van der Waals surface area (Å²) in [5.41, 5.74) is 1.68. The van der Waals surface area contributed by atoms with E-state index in [0.29, 0.717) is 25.4 Å². The Hall–Kier alpha value is -2.40. The molecule has 0 radical (unpaired) electrons. The predicted octanol–water partition coefficient (Wildman–Crippen LogP) is 3.39. The van der Waals surface area contributed by atoms with E-state index < -0.39 is 15.9 Å². The molecular formula is C22H23N3O4S3. The van der Waals surface area contributed by atoms with Crippen LogP contribution in [0.25, 0.3) is 0 Å². The van der Waals surface area contributed by atoms with Crippen LogP contribution in [0.2, 0.25) is 0 Å². The average molecular weight is 490 g/mol. The van der Waals surface area contributed by atoms with Gasteiger partial charge in [0.05, 0.1) is 5.69 Å². The second-order valence-electron chi connectivity index (χ2n) is 7.07. The fraction of sp³-hybridized carbons (Fsp3) is 0.273. The molecule has 1 fully saturated rings. The molecule has 1 amide bonds. The van der Waals surface area contributed by atoms with Crippen LogP contribution in [0, 0.1) is 0 Å². The van der Waals surface area contributed by atoms with Crippen molar-refractivity contribution < 1.29 is 17.9 Å². The lowest BCUT2D eigenvalue weighted by Crippen LogP contribution is -2.38. The fourth-order valence-electron chi connectivity index (χ4n) is 3.24. The number of sulfonamides is 1. The summed E-state index contributed by atoms with van der Waals surface area (Å²) in [6.45, 7) is 1.55. The number of nitrogens with zero attached hydrogens (tertiary/aromatic N) is 2. The zero-order valence-electron chi connectivity index (χ0n) is 17.3. The van der Waals surface area contributed by atoms with E-state index in [4.69, 9.17) is 4.74 Å². The Morgan fingerprint density at radius 3 is 2.75 bits per heavy atom. The van der Waals surface area contributed by atoms with E-state index in [2.05, 4.69) is 10.3 Å². The van der Waals surface area contributed by atoms with Crippen LogP contribution in [-0.4, -0.2) is 48.2 Å². The van der Waals surface area contributed by atoms with Gasteiger partial charge in [0.2, 0.25) is 10.0 Å². The number of hydrogen-bond donors (Lipinski definition) is 1. The minimum atomic E-state index is -3.67. The van der Waals surface area contributed by atoms with Gasteiger partial charge in [0.25, 0.3) is 5.91 Å². The summed E-state index contributed by atoms with van der Waals surface area (Å²) in [6.07, 6.45) is 1.72. The van der Waals surface area contributed by atoms with Crippen molar-refractivity contribution in [3.8, 4) is 5.75 Å². The molecule has 1 saturated heterocycles. The van der Waals surface area contributed by atoms with Gasteiger partial charge in [0.1, 0.15) is 22.1 Å². The molecule has 0 bridgehead atoms. The molecule has 168 valence electrons. The molecule has 1 N–H and O–H groups in total. The largest absolute Gasteiger partial charge is 0.487 e. The van der Waals surface area contributed by atoms with Crippen molar-refractivity contribution >= 4 is 39.0 Å². The minimum absolute atomic E-state index is 0.0827. The zero-order chi connectivity index (χ0) is 22.4. The average Bonchev–Trinajstić information content (AvgIpc) is 3.34. The highest BCUT2D eigenvalue weighted by Crippen LogP contribution is 2.27. The van der Waals surface area contributed by atoms with Gasteiger partial charge in [0.15, 0.2) is 0 Å². The maximum atomic E-state index is 13.0. The van der Waals surface area contributed by atoms with E-state index >= 15 is 0 Å². The van der Waals surface area contributed by atoms with E-state index in [1.165, 1.54) is 10.4 Å². The number of carbonyl (C=O) groups excluding carboxylic acids is 1. The standard InChI is InChI=1S/C22H23N3O4S3/c26-22(21-20(7-11-31-21)32(27,28)25-9-12-30-13-10-25)24-15-17-4-3-6-19(14-17)29-16-18-5-1-2-8-23-18/h1-8,11,14H,9-10,12-13,15-16H2,(H,24,26). The third kappa shape index (κ3) is 5.50. The van der Waals surface area contributed by atoms with Crippen LogP contribution in [0.15, 0.2) is 65.0 Å². The SMILES string of the molecule is O=C(NCc1cccc(OCc2ccccn2)c1)c1sccc1S(=O)(=O)N1CCSCC1. The second kappa shape index (κ2) is 10.5. The molecule has 0 atom stereocenters. The third-order valence-electron chi connectivity index (χ3n) is 4.89. The first-order chi connectivity index (χ1) is 15.5. The number of nitrogens with one attached hydrogen (secondary N) is 1. The highest BCUT2D eigenvalue weighted by atomic mass is 32.2. The van der Waals surface area contributed by atoms with E-state index in [9.17, 15) is 13.2 Å². The molecule has 3 aromatic rings. The van der Waals surface area contributed by atoms with Crippen molar-refractivity contribution in [1.29, 1.82) is 0 Å². The van der Waals surface area contributed by atoms with Crippen LogP contribution < -0.4 is 10.1 Å². The first-order valence-electron chi connectivity index (χ1n) is 10.1. The topological polar surface area (TPSA) is 88.6 Å². The first-order valence-corrected chi connectivity index (χ1v) is 13.6. The molecule has 0 unspecified atom stereocenters. The maximum absolute atomic E-state index is 13.0. The molecule has 1 aromatic carbocycles. The van der Waals surface area contributed by atoms with Crippen molar-refractivity contribution in [2.24, 2.45) is 0 Å². The van der Waals surface area contributed by atoms with Crippen LogP contribution in [0.5, 0.6) is 5.75 Å². The normalized spacial score (nSPS) is 14.8. The van der Waals surface area contributed by atoms with Crippen LogP contribution in [0.1, 0.15) is 20.9 Å². The second-order valence-corrected chi connectivity index (χ2v) is 11.1. The summed E-state index contributed by atoms with van der Waals surface area (Å²) < 4.78 is 33.3. The molecule has 10 heteroatoms. The van der Waals surface area contributed by atoms with Crippen LogP contribution >= 0.6 is 23.1 Å². The molecule has 2 aromatic heterocycles. The Balaban J connectivity index is 1.39. The Bertz CT molecular complexity index is 1160. The number of aromatic nitrogens is 1. The number of ether oxygens (including phenoxy) is 1. The van der Waals surface area contributed by atoms with Gasteiger partial charge in [-0.3, -0.25) is 9.78 Å². The lowest BCUT2D eigenvalue weighted by molar-refractivity contribution is 0.0951. The highest BCUT2D eigenvalue weighted by molar-refractivity contribution is 7.99. The van der Waals surface area contributed by atoms with E-state index in [0.717, 1.165) is 34.1 Å². The smallest absolute Gasteiger partial charge is 0.263 e. The monoisotopic (exact) mass is 489 g/mol. The number of carbonyl (C=O) groups is 1. The van der Waals surface area contributed by atoms with Gasteiger partial charge >= 0.3 is 0 Å². The summed E-state index contributed by atoms with van der Waals surface area (Å²) in [7, 11) is -3.67. The molecule has 1 aliphatic heterocycles. The molecule has 0 spiro atoms. The van der Waals surface area contributed by atoms with Crippen LogP contribution in [0.4, 0.5) is 0 Å².